The maximum absolute atomic E-state index is 13.6. The number of ether oxygens (including phenoxy) is 1. The Morgan fingerprint density at radius 1 is 1.24 bits per heavy atom. The van der Waals surface area contributed by atoms with Gasteiger partial charge in [-0.2, -0.15) is 13.2 Å². The summed E-state index contributed by atoms with van der Waals surface area (Å²) in [6.45, 7) is 3.24. The van der Waals surface area contributed by atoms with Crippen LogP contribution < -0.4 is 4.90 Å². The van der Waals surface area contributed by atoms with E-state index in [0.717, 1.165) is 5.56 Å². The number of hydrogen-bond acceptors (Lipinski definition) is 5. The Bertz CT molecular complexity index is 959. The first-order valence-electron chi connectivity index (χ1n) is 10.3. The monoisotopic (exact) mass is 491 g/mol. The molecule has 180 valence electrons. The zero-order chi connectivity index (χ0) is 24.2. The van der Waals surface area contributed by atoms with E-state index in [2.05, 4.69) is 9.88 Å². The summed E-state index contributed by atoms with van der Waals surface area (Å²) in [6.07, 6.45) is -7.70. The molecule has 0 saturated carbocycles. The molecule has 3 rings (SSSR count). The SMILES string of the molecule is CC(=O)OCC[C@H]1CN(Cc2ccccc2)CCN1c1ncc(C(F)(F)F)c(C(F)F)c1Cl. The summed E-state index contributed by atoms with van der Waals surface area (Å²) >= 11 is 6.08. The number of alkyl halides is 5. The Morgan fingerprint density at radius 2 is 1.94 bits per heavy atom. The number of piperazine rings is 1. The molecule has 2 heterocycles. The molecule has 0 radical (unpaired) electrons. The second kappa shape index (κ2) is 10.6. The topological polar surface area (TPSA) is 45.7 Å². The fourth-order valence-corrected chi connectivity index (χ4v) is 4.24. The first kappa shape index (κ1) is 25.2. The average Bonchev–Trinajstić information content (AvgIpc) is 2.73. The standard InChI is InChI=1S/C22H23ClF5N3O2/c1-14(32)33-10-7-16-13-30(12-15-5-3-2-4-6-15)8-9-31(16)21-19(23)18(20(24)25)17(11-29-21)22(26,27)28/h2-6,11,16,20H,7-10,12-13H2,1H3/t16-/m0/s1. The predicted octanol–water partition coefficient (Wildman–Crippen LogP) is 5.34. The summed E-state index contributed by atoms with van der Waals surface area (Å²) in [7, 11) is 0. The van der Waals surface area contributed by atoms with E-state index in [1.807, 2.05) is 30.3 Å². The number of rotatable bonds is 7. The van der Waals surface area contributed by atoms with E-state index in [4.69, 9.17) is 16.3 Å². The minimum atomic E-state index is -5.01. The lowest BCUT2D eigenvalue weighted by Crippen LogP contribution is -2.53. The minimum Gasteiger partial charge on any atom is -0.466 e. The second-order valence-electron chi connectivity index (χ2n) is 7.72. The second-order valence-corrected chi connectivity index (χ2v) is 8.10. The van der Waals surface area contributed by atoms with E-state index in [0.29, 0.717) is 38.8 Å². The highest BCUT2D eigenvalue weighted by molar-refractivity contribution is 6.34. The number of carbonyl (C=O) groups excluding carboxylic acids is 1. The van der Waals surface area contributed by atoms with Crippen molar-refractivity contribution < 1.29 is 31.5 Å². The van der Waals surface area contributed by atoms with Crippen LogP contribution in [0.1, 0.15) is 36.5 Å². The summed E-state index contributed by atoms with van der Waals surface area (Å²) in [5, 5.41) is -0.714. The smallest absolute Gasteiger partial charge is 0.418 e. The number of nitrogens with zero attached hydrogens (tertiary/aromatic N) is 3. The quantitative estimate of drug-likeness (QED) is 0.387. The number of aromatic nitrogens is 1. The molecule has 0 bridgehead atoms. The van der Waals surface area contributed by atoms with Crippen LogP contribution >= 0.6 is 11.6 Å². The molecule has 1 aliphatic heterocycles. The molecule has 1 aliphatic rings. The molecule has 0 amide bonds. The molecule has 0 spiro atoms. The van der Waals surface area contributed by atoms with Crippen molar-refractivity contribution in [1.29, 1.82) is 0 Å². The maximum Gasteiger partial charge on any atom is 0.418 e. The molecular formula is C22H23ClF5N3O2. The van der Waals surface area contributed by atoms with Gasteiger partial charge < -0.3 is 9.64 Å². The minimum absolute atomic E-state index is 0.0651. The number of benzene rings is 1. The summed E-state index contributed by atoms with van der Waals surface area (Å²) < 4.78 is 71.9. The lowest BCUT2D eigenvalue weighted by atomic mass is 10.1. The van der Waals surface area contributed by atoms with Gasteiger partial charge >= 0.3 is 12.1 Å². The highest BCUT2D eigenvalue weighted by atomic mass is 35.5. The van der Waals surface area contributed by atoms with Gasteiger partial charge in [0.2, 0.25) is 0 Å². The van der Waals surface area contributed by atoms with Gasteiger partial charge in [-0.15, -0.1) is 0 Å². The van der Waals surface area contributed by atoms with Crippen molar-refractivity contribution in [3.05, 3.63) is 58.2 Å². The zero-order valence-electron chi connectivity index (χ0n) is 17.8. The zero-order valence-corrected chi connectivity index (χ0v) is 18.5. The Kier molecular flexibility index (Phi) is 8.12. The van der Waals surface area contributed by atoms with Gasteiger partial charge in [0.1, 0.15) is 5.82 Å². The van der Waals surface area contributed by atoms with Crippen LogP contribution in [0.25, 0.3) is 0 Å². The van der Waals surface area contributed by atoms with Gasteiger partial charge in [-0.25, -0.2) is 13.8 Å². The van der Waals surface area contributed by atoms with Gasteiger partial charge in [-0.05, 0) is 5.56 Å². The molecular weight excluding hydrogens is 469 g/mol. The average molecular weight is 492 g/mol. The number of hydrogen-bond donors (Lipinski definition) is 0. The lowest BCUT2D eigenvalue weighted by molar-refractivity contribution is -0.141. The molecule has 5 nitrogen and oxygen atoms in total. The Morgan fingerprint density at radius 3 is 2.55 bits per heavy atom. The van der Waals surface area contributed by atoms with E-state index in [-0.39, 0.29) is 18.5 Å². The van der Waals surface area contributed by atoms with E-state index in [1.54, 1.807) is 4.90 Å². The predicted molar refractivity (Wildman–Crippen MR) is 113 cm³/mol. The molecule has 0 aliphatic carbocycles. The normalized spacial score (nSPS) is 17.5. The first-order chi connectivity index (χ1) is 15.6. The van der Waals surface area contributed by atoms with Crippen LogP contribution in [0.5, 0.6) is 0 Å². The van der Waals surface area contributed by atoms with E-state index in [9.17, 15) is 26.7 Å². The van der Waals surface area contributed by atoms with Gasteiger partial charge in [0, 0.05) is 51.8 Å². The van der Waals surface area contributed by atoms with E-state index in [1.165, 1.54) is 6.92 Å². The fraction of sp³-hybridized carbons (Fsp3) is 0.455. The van der Waals surface area contributed by atoms with Crippen LogP contribution in [-0.4, -0.2) is 48.1 Å². The van der Waals surface area contributed by atoms with Crippen molar-refractivity contribution in [3.8, 4) is 0 Å². The summed E-state index contributed by atoms with van der Waals surface area (Å²) in [5.74, 6) is -0.601. The molecule has 11 heteroatoms. The third-order valence-corrected chi connectivity index (χ3v) is 5.78. The van der Waals surface area contributed by atoms with E-state index >= 15 is 0 Å². The van der Waals surface area contributed by atoms with Gasteiger partial charge in [-0.1, -0.05) is 41.9 Å². The third-order valence-electron chi connectivity index (χ3n) is 5.41. The Labute approximate surface area is 193 Å². The van der Waals surface area contributed by atoms with Gasteiger partial charge in [0.25, 0.3) is 6.43 Å². The summed E-state index contributed by atoms with van der Waals surface area (Å²) in [5.41, 5.74) is -1.75. The molecule has 1 aromatic heterocycles. The van der Waals surface area contributed by atoms with Crippen molar-refractivity contribution in [2.24, 2.45) is 0 Å². The number of anilines is 1. The fourth-order valence-electron chi connectivity index (χ4n) is 3.90. The molecule has 1 saturated heterocycles. The number of halogens is 6. The number of esters is 1. The highest BCUT2D eigenvalue weighted by Gasteiger charge is 2.40. The van der Waals surface area contributed by atoms with Gasteiger partial charge in [0.15, 0.2) is 0 Å². The lowest BCUT2D eigenvalue weighted by Gasteiger charge is -2.42. The summed E-state index contributed by atoms with van der Waals surface area (Å²) in [4.78, 5) is 18.8. The van der Waals surface area contributed by atoms with Crippen LogP contribution in [-0.2, 0) is 22.3 Å². The third kappa shape index (κ3) is 6.32. The van der Waals surface area contributed by atoms with Crippen LogP contribution in [0.4, 0.5) is 27.8 Å². The highest BCUT2D eigenvalue weighted by Crippen LogP contribution is 2.43. The maximum atomic E-state index is 13.6. The molecule has 0 N–H and O–H groups in total. The van der Waals surface area contributed by atoms with Crippen LogP contribution in [0, 0.1) is 0 Å². The van der Waals surface area contributed by atoms with E-state index < -0.39 is 34.7 Å². The Hall–Kier alpha value is -2.46. The Balaban J connectivity index is 1.89. The van der Waals surface area contributed by atoms with Crippen molar-refractivity contribution >= 4 is 23.4 Å². The van der Waals surface area contributed by atoms with Gasteiger partial charge in [0.05, 0.1) is 22.8 Å². The molecule has 2 aromatic rings. The van der Waals surface area contributed by atoms with Crippen molar-refractivity contribution in [2.75, 3.05) is 31.1 Å². The number of carbonyl (C=O) groups is 1. The van der Waals surface area contributed by atoms with Crippen LogP contribution in [0.3, 0.4) is 0 Å². The van der Waals surface area contributed by atoms with Crippen molar-refractivity contribution in [3.63, 3.8) is 0 Å². The first-order valence-corrected chi connectivity index (χ1v) is 10.7. The molecule has 0 unspecified atom stereocenters. The summed E-state index contributed by atoms with van der Waals surface area (Å²) in [6, 6.07) is 9.33. The molecule has 33 heavy (non-hydrogen) atoms. The van der Waals surface area contributed by atoms with Crippen molar-refractivity contribution in [2.45, 2.75) is 38.5 Å². The van der Waals surface area contributed by atoms with Crippen molar-refractivity contribution in [1.82, 2.24) is 9.88 Å². The largest absolute Gasteiger partial charge is 0.466 e. The molecule has 1 aromatic carbocycles. The van der Waals surface area contributed by atoms with Crippen LogP contribution in [0.15, 0.2) is 36.5 Å². The van der Waals surface area contributed by atoms with Gasteiger partial charge in [-0.3, -0.25) is 9.69 Å². The number of pyridine rings is 1. The van der Waals surface area contributed by atoms with Crippen LogP contribution in [0.2, 0.25) is 5.02 Å². The molecule has 1 atom stereocenters. The molecule has 1 fully saturated rings.